The summed E-state index contributed by atoms with van der Waals surface area (Å²) in [6.45, 7) is 5.92. The van der Waals surface area contributed by atoms with Crippen LogP contribution in [0.25, 0.3) is 0 Å². The molecule has 0 N–H and O–H groups in total. The monoisotopic (exact) mass is 330 g/mol. The Kier molecular flexibility index (Phi) is 6.37. The third kappa shape index (κ3) is 4.59. The molecule has 0 heterocycles. The van der Waals surface area contributed by atoms with Crippen molar-refractivity contribution in [2.75, 3.05) is 13.2 Å². The van der Waals surface area contributed by atoms with Gasteiger partial charge >= 0.3 is 5.97 Å². The van der Waals surface area contributed by atoms with Crippen molar-refractivity contribution in [3.05, 3.63) is 72.1 Å². The highest BCUT2D eigenvalue weighted by atomic mass is 19.1. The molecule has 0 aliphatic heterocycles. The van der Waals surface area contributed by atoms with Gasteiger partial charge in [0.2, 0.25) is 0 Å². The van der Waals surface area contributed by atoms with E-state index in [4.69, 9.17) is 14.2 Å². The fraction of sp³-hybridized carbons (Fsp3) is 0.211. The molecule has 5 heteroatoms. The van der Waals surface area contributed by atoms with Crippen molar-refractivity contribution in [2.45, 2.75) is 13.5 Å². The smallest absolute Gasteiger partial charge is 0.338 e. The fourth-order valence-corrected chi connectivity index (χ4v) is 2.01. The SMILES string of the molecule is C=CCOC(=O)c1ccc(OCc2ccccc2F)c(OCC)c1. The van der Waals surface area contributed by atoms with E-state index in [1.54, 1.807) is 36.4 Å². The molecule has 4 nitrogen and oxygen atoms in total. The predicted molar refractivity (Wildman–Crippen MR) is 88.8 cm³/mol. The van der Waals surface area contributed by atoms with Gasteiger partial charge in [-0.05, 0) is 31.2 Å². The molecule has 2 aromatic carbocycles. The molecule has 0 saturated carbocycles. The Balaban J connectivity index is 2.15. The number of rotatable bonds is 8. The van der Waals surface area contributed by atoms with Crippen LogP contribution < -0.4 is 9.47 Å². The van der Waals surface area contributed by atoms with Crippen LogP contribution in [0.2, 0.25) is 0 Å². The van der Waals surface area contributed by atoms with Crippen molar-refractivity contribution in [1.82, 2.24) is 0 Å². The minimum Gasteiger partial charge on any atom is -0.490 e. The summed E-state index contributed by atoms with van der Waals surface area (Å²) in [7, 11) is 0. The first-order valence-electron chi connectivity index (χ1n) is 7.56. The molecule has 0 amide bonds. The fourth-order valence-electron chi connectivity index (χ4n) is 2.01. The highest BCUT2D eigenvalue weighted by Gasteiger charge is 2.13. The van der Waals surface area contributed by atoms with Crippen LogP contribution in [0, 0.1) is 5.82 Å². The number of hydrogen-bond acceptors (Lipinski definition) is 4. The first-order valence-corrected chi connectivity index (χ1v) is 7.56. The molecule has 0 fully saturated rings. The summed E-state index contributed by atoms with van der Waals surface area (Å²) in [5.41, 5.74) is 0.785. The van der Waals surface area contributed by atoms with Crippen molar-refractivity contribution in [3.8, 4) is 11.5 Å². The van der Waals surface area contributed by atoms with Gasteiger partial charge in [0.05, 0.1) is 12.2 Å². The van der Waals surface area contributed by atoms with Crippen molar-refractivity contribution >= 4 is 5.97 Å². The van der Waals surface area contributed by atoms with Gasteiger partial charge in [-0.25, -0.2) is 9.18 Å². The second-order valence-electron chi connectivity index (χ2n) is 4.86. The quantitative estimate of drug-likeness (QED) is 0.539. The summed E-state index contributed by atoms with van der Waals surface area (Å²) >= 11 is 0. The Morgan fingerprint density at radius 2 is 1.96 bits per heavy atom. The second kappa shape index (κ2) is 8.72. The Morgan fingerprint density at radius 3 is 2.67 bits per heavy atom. The molecular formula is C19H19FO4. The maximum atomic E-state index is 13.6. The normalized spacial score (nSPS) is 10.1. The van der Waals surface area contributed by atoms with Gasteiger partial charge in [0, 0.05) is 5.56 Å². The summed E-state index contributed by atoms with van der Waals surface area (Å²) in [5, 5.41) is 0. The maximum Gasteiger partial charge on any atom is 0.338 e. The van der Waals surface area contributed by atoms with Gasteiger partial charge < -0.3 is 14.2 Å². The standard InChI is InChI=1S/C19H19FO4/c1-3-11-23-19(21)14-9-10-17(18(12-14)22-4-2)24-13-15-7-5-6-8-16(15)20/h3,5-10,12H,1,4,11,13H2,2H3. The number of hydrogen-bond donors (Lipinski definition) is 0. The number of benzene rings is 2. The first-order chi connectivity index (χ1) is 11.7. The molecule has 0 unspecified atom stereocenters. The zero-order valence-electron chi connectivity index (χ0n) is 13.5. The lowest BCUT2D eigenvalue weighted by molar-refractivity contribution is 0.0549. The van der Waals surface area contributed by atoms with Crippen LogP contribution in [-0.2, 0) is 11.3 Å². The van der Waals surface area contributed by atoms with Crippen LogP contribution in [-0.4, -0.2) is 19.2 Å². The molecule has 0 bridgehead atoms. The number of carbonyl (C=O) groups excluding carboxylic acids is 1. The molecule has 0 aliphatic carbocycles. The summed E-state index contributed by atoms with van der Waals surface area (Å²) < 4.78 is 29.8. The highest BCUT2D eigenvalue weighted by Crippen LogP contribution is 2.29. The molecule has 2 aromatic rings. The second-order valence-corrected chi connectivity index (χ2v) is 4.86. The van der Waals surface area contributed by atoms with Crippen LogP contribution in [0.15, 0.2) is 55.1 Å². The molecule has 0 aliphatic rings. The van der Waals surface area contributed by atoms with Gasteiger partial charge in [-0.2, -0.15) is 0 Å². The highest BCUT2D eigenvalue weighted by molar-refractivity contribution is 5.90. The van der Waals surface area contributed by atoms with Crippen LogP contribution in [0.4, 0.5) is 4.39 Å². The largest absolute Gasteiger partial charge is 0.490 e. The minimum absolute atomic E-state index is 0.0625. The van der Waals surface area contributed by atoms with Crippen molar-refractivity contribution in [1.29, 1.82) is 0 Å². The Morgan fingerprint density at radius 1 is 1.17 bits per heavy atom. The molecule has 24 heavy (non-hydrogen) atoms. The van der Waals surface area contributed by atoms with E-state index in [-0.39, 0.29) is 19.0 Å². The third-order valence-electron chi connectivity index (χ3n) is 3.15. The summed E-state index contributed by atoms with van der Waals surface area (Å²) in [6.07, 6.45) is 1.49. The average Bonchev–Trinajstić information content (AvgIpc) is 2.60. The zero-order valence-corrected chi connectivity index (χ0v) is 13.5. The van der Waals surface area contributed by atoms with Crippen LogP contribution in [0.5, 0.6) is 11.5 Å². The van der Waals surface area contributed by atoms with Gasteiger partial charge in [-0.3, -0.25) is 0 Å². The lowest BCUT2D eigenvalue weighted by atomic mass is 10.2. The number of halogens is 1. The lowest BCUT2D eigenvalue weighted by Crippen LogP contribution is -2.07. The zero-order chi connectivity index (χ0) is 17.4. The van der Waals surface area contributed by atoms with Gasteiger partial charge in [-0.1, -0.05) is 30.9 Å². The number of esters is 1. The van der Waals surface area contributed by atoms with Crippen LogP contribution >= 0.6 is 0 Å². The number of ether oxygens (including phenoxy) is 3. The summed E-state index contributed by atoms with van der Waals surface area (Å²) in [5.74, 6) is 0.0267. The van der Waals surface area contributed by atoms with E-state index in [1.807, 2.05) is 6.92 Å². The van der Waals surface area contributed by atoms with Crippen molar-refractivity contribution in [2.24, 2.45) is 0 Å². The first kappa shape index (κ1) is 17.5. The van der Waals surface area contributed by atoms with Crippen molar-refractivity contribution < 1.29 is 23.4 Å². The lowest BCUT2D eigenvalue weighted by Gasteiger charge is -2.13. The average molecular weight is 330 g/mol. The molecule has 0 saturated heterocycles. The van der Waals surface area contributed by atoms with E-state index < -0.39 is 5.97 Å². The van der Waals surface area contributed by atoms with E-state index in [0.29, 0.717) is 29.2 Å². The summed E-state index contributed by atoms with van der Waals surface area (Å²) in [6, 6.07) is 11.1. The molecule has 0 radical (unpaired) electrons. The van der Waals surface area contributed by atoms with E-state index in [9.17, 15) is 9.18 Å². The summed E-state index contributed by atoms with van der Waals surface area (Å²) in [4.78, 5) is 11.9. The Bertz CT molecular complexity index is 712. The molecule has 0 atom stereocenters. The van der Waals surface area contributed by atoms with Crippen LogP contribution in [0.1, 0.15) is 22.8 Å². The van der Waals surface area contributed by atoms with Gasteiger partial charge in [0.1, 0.15) is 19.0 Å². The van der Waals surface area contributed by atoms with E-state index in [2.05, 4.69) is 6.58 Å². The molecule has 0 spiro atoms. The third-order valence-corrected chi connectivity index (χ3v) is 3.15. The molecule has 126 valence electrons. The molecular weight excluding hydrogens is 311 g/mol. The van der Waals surface area contributed by atoms with Crippen molar-refractivity contribution in [3.63, 3.8) is 0 Å². The molecule has 2 rings (SSSR count). The predicted octanol–water partition coefficient (Wildman–Crippen LogP) is 4.15. The van der Waals surface area contributed by atoms with E-state index >= 15 is 0 Å². The van der Waals surface area contributed by atoms with Gasteiger partial charge in [0.15, 0.2) is 11.5 Å². The van der Waals surface area contributed by atoms with E-state index in [1.165, 1.54) is 12.1 Å². The molecule has 0 aromatic heterocycles. The van der Waals surface area contributed by atoms with Crippen LogP contribution in [0.3, 0.4) is 0 Å². The maximum absolute atomic E-state index is 13.6. The number of carbonyl (C=O) groups is 1. The van der Waals surface area contributed by atoms with E-state index in [0.717, 1.165) is 0 Å². The Labute approximate surface area is 140 Å². The van der Waals surface area contributed by atoms with Gasteiger partial charge in [-0.15, -0.1) is 0 Å². The minimum atomic E-state index is -0.475. The topological polar surface area (TPSA) is 44.8 Å². The Hall–Kier alpha value is -2.82. The van der Waals surface area contributed by atoms with Gasteiger partial charge in [0.25, 0.3) is 0 Å².